The Balaban J connectivity index is 1.64. The second-order valence-corrected chi connectivity index (χ2v) is 15.3. The second-order valence-electron chi connectivity index (χ2n) is 10.2. The van der Waals surface area contributed by atoms with Crippen LogP contribution in [0.25, 0.3) is 60.5 Å². The molecule has 0 saturated carbocycles. The van der Waals surface area contributed by atoms with Gasteiger partial charge in [-0.25, -0.2) is 0 Å². The van der Waals surface area contributed by atoms with Crippen LogP contribution in [-0.2, 0) is 0 Å². The largest absolute Gasteiger partial charge is 0.309 e. The molecule has 1 aromatic heterocycles. The maximum absolute atomic E-state index is 2.49. The standard InChI is InChI=1S/C31H25NSi/c1-33(2,3)22-16-14-21(15-17-22)32-28-13-5-4-10-23(28)26-19-18-25-24-11-6-8-20-9-7-12-27(29(20)24)30(25)31(26)32/h4-19H,1-3H3. The van der Waals surface area contributed by atoms with Gasteiger partial charge in [0.05, 0.1) is 19.1 Å². The summed E-state index contributed by atoms with van der Waals surface area (Å²) in [6.45, 7) is 7.23. The Kier molecular flexibility index (Phi) is 3.70. The van der Waals surface area contributed by atoms with E-state index < -0.39 is 8.07 Å². The third kappa shape index (κ3) is 2.53. The van der Waals surface area contributed by atoms with Crippen LogP contribution in [0.4, 0.5) is 0 Å². The molecule has 0 saturated heterocycles. The highest BCUT2D eigenvalue weighted by molar-refractivity contribution is 6.88. The lowest BCUT2D eigenvalue weighted by molar-refractivity contribution is 1.18. The minimum absolute atomic E-state index is 1.24. The molecular weight excluding hydrogens is 414 g/mol. The van der Waals surface area contributed by atoms with Crippen LogP contribution in [0.15, 0.2) is 97.1 Å². The van der Waals surface area contributed by atoms with Crippen molar-refractivity contribution in [3.05, 3.63) is 97.1 Å². The normalized spacial score (nSPS) is 12.7. The van der Waals surface area contributed by atoms with Crippen molar-refractivity contribution in [1.29, 1.82) is 0 Å². The lowest BCUT2D eigenvalue weighted by Crippen LogP contribution is -2.37. The van der Waals surface area contributed by atoms with Gasteiger partial charge in [-0.1, -0.05) is 104 Å². The molecule has 1 nitrogen and oxygen atoms in total. The summed E-state index contributed by atoms with van der Waals surface area (Å²) in [6.07, 6.45) is 0. The first-order valence-electron chi connectivity index (χ1n) is 11.7. The highest BCUT2D eigenvalue weighted by Gasteiger charge is 2.26. The molecule has 0 fully saturated rings. The number of rotatable bonds is 2. The van der Waals surface area contributed by atoms with Crippen molar-refractivity contribution in [3.8, 4) is 27.9 Å². The van der Waals surface area contributed by atoms with Gasteiger partial charge in [-0.2, -0.15) is 0 Å². The summed E-state index contributed by atoms with van der Waals surface area (Å²) in [6, 6.07) is 36.3. The van der Waals surface area contributed by atoms with E-state index in [0.717, 1.165) is 0 Å². The molecule has 5 aromatic carbocycles. The highest BCUT2D eigenvalue weighted by atomic mass is 28.3. The molecule has 0 N–H and O–H groups in total. The zero-order chi connectivity index (χ0) is 22.3. The Morgan fingerprint density at radius 3 is 2.06 bits per heavy atom. The number of benzene rings is 5. The van der Waals surface area contributed by atoms with Crippen molar-refractivity contribution in [2.45, 2.75) is 19.6 Å². The number of fused-ring (bicyclic) bond motifs is 7. The Morgan fingerprint density at radius 1 is 0.576 bits per heavy atom. The maximum Gasteiger partial charge on any atom is 0.0775 e. The van der Waals surface area contributed by atoms with Crippen molar-refractivity contribution in [3.63, 3.8) is 0 Å². The predicted molar refractivity (Wildman–Crippen MR) is 146 cm³/mol. The molecule has 1 aliphatic carbocycles. The molecule has 0 atom stereocenters. The Bertz CT molecular complexity index is 1720. The molecule has 0 radical (unpaired) electrons. The maximum atomic E-state index is 2.49. The summed E-state index contributed by atoms with van der Waals surface area (Å²) in [5.41, 5.74) is 9.24. The summed E-state index contributed by atoms with van der Waals surface area (Å²) in [7, 11) is -1.35. The average molecular weight is 440 g/mol. The first kappa shape index (κ1) is 18.9. The molecule has 2 heteroatoms. The molecule has 1 heterocycles. The van der Waals surface area contributed by atoms with Crippen LogP contribution in [0.3, 0.4) is 0 Å². The zero-order valence-electron chi connectivity index (χ0n) is 19.2. The Hall–Kier alpha value is -3.62. The van der Waals surface area contributed by atoms with E-state index in [1.807, 2.05) is 0 Å². The van der Waals surface area contributed by atoms with Crippen LogP contribution in [0.2, 0.25) is 19.6 Å². The summed E-state index contributed by atoms with van der Waals surface area (Å²) >= 11 is 0. The van der Waals surface area contributed by atoms with Gasteiger partial charge in [0.25, 0.3) is 0 Å². The number of hydrogen-bond acceptors (Lipinski definition) is 0. The quantitative estimate of drug-likeness (QED) is 0.240. The molecule has 0 aliphatic heterocycles. The summed E-state index contributed by atoms with van der Waals surface area (Å²) in [4.78, 5) is 0. The van der Waals surface area contributed by atoms with Crippen molar-refractivity contribution < 1.29 is 0 Å². The minimum Gasteiger partial charge on any atom is -0.309 e. The zero-order valence-corrected chi connectivity index (χ0v) is 20.2. The number of nitrogens with zero attached hydrogens (tertiary/aromatic N) is 1. The van der Waals surface area contributed by atoms with Gasteiger partial charge in [0.2, 0.25) is 0 Å². The fourth-order valence-electron chi connectivity index (χ4n) is 5.71. The van der Waals surface area contributed by atoms with Gasteiger partial charge in [-0.05, 0) is 45.7 Å². The van der Waals surface area contributed by atoms with Crippen molar-refractivity contribution in [1.82, 2.24) is 4.57 Å². The predicted octanol–water partition coefficient (Wildman–Crippen LogP) is 8.13. The van der Waals surface area contributed by atoms with Crippen molar-refractivity contribution in [2.75, 3.05) is 0 Å². The van der Waals surface area contributed by atoms with E-state index in [1.165, 1.54) is 65.7 Å². The first-order chi connectivity index (χ1) is 16.0. The molecule has 0 bridgehead atoms. The summed E-state index contributed by atoms with van der Waals surface area (Å²) in [5.74, 6) is 0. The van der Waals surface area contributed by atoms with E-state index in [-0.39, 0.29) is 0 Å². The third-order valence-electron chi connectivity index (χ3n) is 7.29. The van der Waals surface area contributed by atoms with Gasteiger partial charge in [0, 0.05) is 22.0 Å². The lowest BCUT2D eigenvalue weighted by atomic mass is 10.0. The Labute approximate surface area is 194 Å². The van der Waals surface area contributed by atoms with Crippen LogP contribution in [0.5, 0.6) is 0 Å². The summed E-state index contributed by atoms with van der Waals surface area (Å²) in [5, 5.41) is 6.83. The fourth-order valence-corrected chi connectivity index (χ4v) is 6.87. The van der Waals surface area contributed by atoms with Crippen LogP contribution in [0.1, 0.15) is 0 Å². The average Bonchev–Trinajstić information content (AvgIpc) is 3.33. The second kappa shape index (κ2) is 6.46. The monoisotopic (exact) mass is 439 g/mol. The van der Waals surface area contributed by atoms with E-state index in [0.29, 0.717) is 0 Å². The molecule has 1 aliphatic rings. The van der Waals surface area contributed by atoms with Gasteiger partial charge >= 0.3 is 0 Å². The minimum atomic E-state index is -1.35. The fraction of sp³-hybridized carbons (Fsp3) is 0.0968. The number of para-hydroxylation sites is 1. The van der Waals surface area contributed by atoms with Crippen LogP contribution < -0.4 is 5.19 Å². The van der Waals surface area contributed by atoms with E-state index in [9.17, 15) is 0 Å². The van der Waals surface area contributed by atoms with Crippen LogP contribution in [-0.4, -0.2) is 12.6 Å². The van der Waals surface area contributed by atoms with Gasteiger partial charge < -0.3 is 4.57 Å². The SMILES string of the molecule is C[Si](C)(C)c1ccc(-n2c3ccccc3c3ccc4c(c32)-c2cccc3cccc-4c23)cc1. The molecule has 0 unspecified atom stereocenters. The third-order valence-corrected chi connectivity index (χ3v) is 9.36. The van der Waals surface area contributed by atoms with Crippen LogP contribution >= 0.6 is 0 Å². The van der Waals surface area contributed by atoms with Crippen molar-refractivity contribution >= 4 is 45.8 Å². The first-order valence-corrected chi connectivity index (χ1v) is 15.2. The molecule has 33 heavy (non-hydrogen) atoms. The van der Waals surface area contributed by atoms with Crippen molar-refractivity contribution in [2.24, 2.45) is 0 Å². The number of hydrogen-bond donors (Lipinski definition) is 0. The molecular formula is C31H25NSi. The number of aromatic nitrogens is 1. The topological polar surface area (TPSA) is 4.93 Å². The van der Waals surface area contributed by atoms with Crippen LogP contribution in [0, 0.1) is 0 Å². The van der Waals surface area contributed by atoms with Gasteiger partial charge in [0.15, 0.2) is 0 Å². The molecule has 7 rings (SSSR count). The molecule has 6 aromatic rings. The van der Waals surface area contributed by atoms with E-state index in [4.69, 9.17) is 0 Å². The molecule has 0 amide bonds. The lowest BCUT2D eigenvalue weighted by Gasteiger charge is -2.18. The van der Waals surface area contributed by atoms with E-state index >= 15 is 0 Å². The van der Waals surface area contributed by atoms with Gasteiger partial charge in [-0.3, -0.25) is 0 Å². The molecule has 158 valence electrons. The Morgan fingerprint density at radius 2 is 1.30 bits per heavy atom. The molecule has 0 spiro atoms. The van der Waals surface area contributed by atoms with Gasteiger partial charge in [0.1, 0.15) is 0 Å². The van der Waals surface area contributed by atoms with Gasteiger partial charge in [-0.15, -0.1) is 0 Å². The smallest absolute Gasteiger partial charge is 0.0775 e. The highest BCUT2D eigenvalue weighted by Crippen LogP contribution is 2.51. The summed E-state index contributed by atoms with van der Waals surface area (Å²) < 4.78 is 2.49. The van der Waals surface area contributed by atoms with E-state index in [1.54, 1.807) is 0 Å². The van der Waals surface area contributed by atoms with E-state index in [2.05, 4.69) is 121 Å².